The van der Waals surface area contributed by atoms with Gasteiger partial charge in [-0.2, -0.15) is 5.10 Å². The third-order valence-corrected chi connectivity index (χ3v) is 3.68. The van der Waals surface area contributed by atoms with Gasteiger partial charge in [0.1, 0.15) is 0 Å². The molecule has 3 atom stereocenters. The molecule has 0 saturated heterocycles. The van der Waals surface area contributed by atoms with E-state index in [9.17, 15) is 0 Å². The Morgan fingerprint density at radius 1 is 1.35 bits per heavy atom. The topological polar surface area (TPSA) is 55.9 Å². The van der Waals surface area contributed by atoms with Crippen LogP contribution in [-0.4, -0.2) is 15.8 Å². The van der Waals surface area contributed by atoms with Crippen LogP contribution in [0.15, 0.2) is 12.3 Å². The van der Waals surface area contributed by atoms with Gasteiger partial charge >= 0.3 is 0 Å². The summed E-state index contributed by atoms with van der Waals surface area (Å²) in [5.74, 6) is 6.17. The third-order valence-electron chi connectivity index (χ3n) is 3.68. The molecule has 98 valence electrons. The van der Waals surface area contributed by atoms with Crippen molar-refractivity contribution in [2.75, 3.05) is 0 Å². The lowest BCUT2D eigenvalue weighted by atomic mass is 9.96. The first kappa shape index (κ1) is 14.2. The van der Waals surface area contributed by atoms with E-state index in [0.29, 0.717) is 18.0 Å². The minimum Gasteiger partial charge on any atom is -0.271 e. The lowest BCUT2D eigenvalue weighted by Crippen LogP contribution is -2.41. The van der Waals surface area contributed by atoms with Crippen molar-refractivity contribution < 1.29 is 0 Å². The monoisotopic (exact) mass is 238 g/mol. The van der Waals surface area contributed by atoms with Crippen LogP contribution in [0.4, 0.5) is 0 Å². The summed E-state index contributed by atoms with van der Waals surface area (Å²) in [5, 5.41) is 4.61. The van der Waals surface area contributed by atoms with E-state index in [0.717, 1.165) is 25.0 Å². The Bertz CT molecular complexity index is 321. The van der Waals surface area contributed by atoms with E-state index in [4.69, 9.17) is 5.84 Å². The van der Waals surface area contributed by atoms with E-state index in [2.05, 4.69) is 50.5 Å². The molecule has 0 aliphatic heterocycles. The van der Waals surface area contributed by atoms with Gasteiger partial charge in [-0.05, 0) is 25.3 Å². The Hall–Kier alpha value is -0.870. The normalized spacial score (nSPS) is 16.8. The molecule has 0 aliphatic rings. The smallest absolute Gasteiger partial charge is 0.0640 e. The first-order valence-corrected chi connectivity index (χ1v) is 6.62. The Balaban J connectivity index is 2.64. The fourth-order valence-corrected chi connectivity index (χ4v) is 1.85. The summed E-state index contributed by atoms with van der Waals surface area (Å²) in [7, 11) is 0. The number of rotatable bonds is 7. The molecule has 0 radical (unpaired) electrons. The first-order valence-electron chi connectivity index (χ1n) is 6.62. The molecule has 0 amide bonds. The maximum absolute atomic E-state index is 5.61. The van der Waals surface area contributed by atoms with Crippen LogP contribution in [0.5, 0.6) is 0 Å². The fraction of sp³-hybridized carbons (Fsp3) is 0.769. The van der Waals surface area contributed by atoms with Crippen LogP contribution in [0.3, 0.4) is 0 Å². The Labute approximate surface area is 105 Å². The van der Waals surface area contributed by atoms with Crippen LogP contribution in [0, 0.1) is 5.92 Å². The molecule has 0 saturated carbocycles. The number of hydrogen-bond donors (Lipinski definition) is 2. The molecule has 1 heterocycles. The van der Waals surface area contributed by atoms with Gasteiger partial charge in [0.25, 0.3) is 0 Å². The molecule has 4 heteroatoms. The van der Waals surface area contributed by atoms with Gasteiger partial charge in [0, 0.05) is 24.7 Å². The molecule has 0 spiro atoms. The van der Waals surface area contributed by atoms with Gasteiger partial charge in [-0.3, -0.25) is 16.0 Å². The first-order chi connectivity index (χ1) is 8.12. The second kappa shape index (κ2) is 6.77. The van der Waals surface area contributed by atoms with E-state index in [-0.39, 0.29) is 0 Å². The van der Waals surface area contributed by atoms with Gasteiger partial charge in [-0.1, -0.05) is 27.2 Å². The number of nitrogens with two attached hydrogens (primary N) is 1. The lowest BCUT2D eigenvalue weighted by Gasteiger charge is -2.21. The average molecular weight is 238 g/mol. The van der Waals surface area contributed by atoms with Crippen molar-refractivity contribution in [1.29, 1.82) is 0 Å². The largest absolute Gasteiger partial charge is 0.271 e. The second-order valence-electron chi connectivity index (χ2n) is 4.91. The zero-order chi connectivity index (χ0) is 12.8. The van der Waals surface area contributed by atoms with Crippen molar-refractivity contribution in [2.45, 2.75) is 59.0 Å². The van der Waals surface area contributed by atoms with Crippen LogP contribution < -0.4 is 11.3 Å². The summed E-state index contributed by atoms with van der Waals surface area (Å²) in [6.07, 6.45) is 5.19. The molecule has 0 aliphatic carbocycles. The van der Waals surface area contributed by atoms with Crippen molar-refractivity contribution in [1.82, 2.24) is 15.2 Å². The summed E-state index contributed by atoms with van der Waals surface area (Å²) in [5.41, 5.74) is 4.02. The van der Waals surface area contributed by atoms with Crippen LogP contribution in [0.2, 0.25) is 0 Å². The van der Waals surface area contributed by atoms with E-state index in [1.807, 2.05) is 4.68 Å². The molecule has 0 aromatic carbocycles. The average Bonchev–Trinajstić information content (AvgIpc) is 2.82. The van der Waals surface area contributed by atoms with Crippen LogP contribution in [0.25, 0.3) is 0 Å². The number of hydrogen-bond acceptors (Lipinski definition) is 3. The van der Waals surface area contributed by atoms with E-state index >= 15 is 0 Å². The van der Waals surface area contributed by atoms with Crippen LogP contribution in [-0.2, 0) is 6.42 Å². The predicted octanol–water partition coefficient (Wildman–Crippen LogP) is 2.27. The number of aromatic nitrogens is 2. The molecule has 0 fully saturated rings. The van der Waals surface area contributed by atoms with Crippen LogP contribution in [0.1, 0.15) is 52.3 Å². The Morgan fingerprint density at radius 2 is 2.06 bits per heavy atom. The molecular formula is C13H26N4. The van der Waals surface area contributed by atoms with Gasteiger partial charge in [0.05, 0.1) is 5.69 Å². The maximum Gasteiger partial charge on any atom is 0.0640 e. The highest BCUT2D eigenvalue weighted by Gasteiger charge is 2.16. The standard InChI is InChI=1S/C13H26N4/c1-5-10(3)13(15-14)9-12-7-8-17(16-12)11(4)6-2/h7-8,10-11,13,15H,5-6,9,14H2,1-4H3. The van der Waals surface area contributed by atoms with Crippen LogP contribution >= 0.6 is 0 Å². The van der Waals surface area contributed by atoms with E-state index in [1.165, 1.54) is 0 Å². The van der Waals surface area contributed by atoms with Gasteiger partial charge in [0.2, 0.25) is 0 Å². The molecule has 1 rings (SSSR count). The predicted molar refractivity (Wildman–Crippen MR) is 71.5 cm³/mol. The summed E-state index contributed by atoms with van der Waals surface area (Å²) in [4.78, 5) is 0. The summed E-state index contributed by atoms with van der Waals surface area (Å²) in [6.45, 7) is 8.77. The Morgan fingerprint density at radius 3 is 2.59 bits per heavy atom. The third kappa shape index (κ3) is 3.82. The Kier molecular flexibility index (Phi) is 5.65. The zero-order valence-electron chi connectivity index (χ0n) is 11.5. The minimum absolute atomic E-state index is 0.306. The molecular weight excluding hydrogens is 212 g/mol. The summed E-state index contributed by atoms with van der Waals surface area (Å²) < 4.78 is 2.04. The molecule has 1 aromatic heterocycles. The highest BCUT2D eigenvalue weighted by Crippen LogP contribution is 2.14. The van der Waals surface area contributed by atoms with E-state index < -0.39 is 0 Å². The zero-order valence-corrected chi connectivity index (χ0v) is 11.5. The van der Waals surface area contributed by atoms with E-state index in [1.54, 1.807) is 0 Å². The molecule has 4 nitrogen and oxygen atoms in total. The van der Waals surface area contributed by atoms with Gasteiger partial charge < -0.3 is 0 Å². The van der Waals surface area contributed by atoms with Gasteiger partial charge in [-0.25, -0.2) is 0 Å². The van der Waals surface area contributed by atoms with Crippen molar-refractivity contribution in [3.63, 3.8) is 0 Å². The fourth-order valence-electron chi connectivity index (χ4n) is 1.85. The molecule has 1 aromatic rings. The molecule has 3 N–H and O–H groups in total. The van der Waals surface area contributed by atoms with Gasteiger partial charge in [0.15, 0.2) is 0 Å². The lowest BCUT2D eigenvalue weighted by molar-refractivity contribution is 0.365. The van der Waals surface area contributed by atoms with Crippen molar-refractivity contribution in [2.24, 2.45) is 11.8 Å². The second-order valence-corrected chi connectivity index (χ2v) is 4.91. The molecule has 17 heavy (non-hydrogen) atoms. The van der Waals surface area contributed by atoms with Crippen molar-refractivity contribution in [3.8, 4) is 0 Å². The summed E-state index contributed by atoms with van der Waals surface area (Å²) >= 11 is 0. The maximum atomic E-state index is 5.61. The van der Waals surface area contributed by atoms with Crippen molar-refractivity contribution >= 4 is 0 Å². The highest BCUT2D eigenvalue weighted by atomic mass is 15.3. The molecule has 3 unspecified atom stereocenters. The summed E-state index contributed by atoms with van der Waals surface area (Å²) in [6, 6.07) is 2.87. The number of hydrazine groups is 1. The molecule has 0 bridgehead atoms. The SMILES string of the molecule is CCC(C)C(Cc1ccn(C(C)CC)n1)NN. The van der Waals surface area contributed by atoms with Crippen molar-refractivity contribution in [3.05, 3.63) is 18.0 Å². The highest BCUT2D eigenvalue weighted by molar-refractivity contribution is 5.02. The quantitative estimate of drug-likeness (QED) is 0.566. The minimum atomic E-state index is 0.306. The number of nitrogens with zero attached hydrogens (tertiary/aromatic N) is 2. The number of nitrogens with one attached hydrogen (secondary N) is 1. The van der Waals surface area contributed by atoms with Gasteiger partial charge in [-0.15, -0.1) is 0 Å².